The quantitative estimate of drug-likeness (QED) is 0.818. The summed E-state index contributed by atoms with van der Waals surface area (Å²) in [6, 6.07) is 5.55. The van der Waals surface area contributed by atoms with Crippen LogP contribution in [0.5, 0.6) is 0 Å². The molecule has 0 radical (unpaired) electrons. The minimum absolute atomic E-state index is 0.221. The number of rotatable bonds is 6. The normalized spacial score (nSPS) is 12.2. The fourth-order valence-corrected chi connectivity index (χ4v) is 2.04. The molecule has 1 aromatic carbocycles. The van der Waals surface area contributed by atoms with Gasteiger partial charge in [0.1, 0.15) is 6.04 Å². The first kappa shape index (κ1) is 15.2. The molecular weight excluding hydrogens is 294 g/mol. The van der Waals surface area contributed by atoms with Crippen molar-refractivity contribution in [3.05, 3.63) is 33.8 Å². The molecule has 0 aliphatic rings. The Morgan fingerprint density at radius 2 is 2.17 bits per heavy atom. The smallest absolute Gasteiger partial charge is 0.327 e. The number of carbonyl (C=O) groups excluding carboxylic acids is 1. The van der Waals surface area contributed by atoms with E-state index in [0.29, 0.717) is 6.61 Å². The highest BCUT2D eigenvalue weighted by molar-refractivity contribution is 9.10. The van der Waals surface area contributed by atoms with Gasteiger partial charge in [-0.25, -0.2) is 4.79 Å². The lowest BCUT2D eigenvalue weighted by Gasteiger charge is -2.18. The molecule has 1 atom stereocenters. The molecule has 0 bridgehead atoms. The molecule has 0 amide bonds. The Labute approximate surface area is 117 Å². The number of aryl methyl sites for hydroxylation is 1. The Morgan fingerprint density at radius 1 is 1.44 bits per heavy atom. The van der Waals surface area contributed by atoms with Gasteiger partial charge in [0.2, 0.25) is 0 Å². The molecule has 18 heavy (non-hydrogen) atoms. The third-order valence-corrected chi connectivity index (χ3v) is 3.50. The Kier molecular flexibility index (Phi) is 6.36. The van der Waals surface area contributed by atoms with Crippen LogP contribution >= 0.6 is 15.9 Å². The summed E-state index contributed by atoms with van der Waals surface area (Å²) in [6.45, 7) is 7.10. The van der Waals surface area contributed by atoms with Crippen molar-refractivity contribution >= 4 is 21.9 Å². The summed E-state index contributed by atoms with van der Waals surface area (Å²) < 4.78 is 6.12. The number of ether oxygens (including phenoxy) is 1. The molecule has 0 saturated heterocycles. The summed E-state index contributed by atoms with van der Waals surface area (Å²) in [5.74, 6) is -0.221. The second-order valence-corrected chi connectivity index (χ2v) is 5.00. The van der Waals surface area contributed by atoms with E-state index in [1.54, 1.807) is 0 Å². The Hall–Kier alpha value is -0.870. The van der Waals surface area contributed by atoms with E-state index in [-0.39, 0.29) is 12.0 Å². The molecule has 0 aliphatic heterocycles. The molecule has 3 nitrogen and oxygen atoms in total. The van der Waals surface area contributed by atoms with Gasteiger partial charge in [0.05, 0.1) is 6.61 Å². The van der Waals surface area contributed by atoms with Crippen molar-refractivity contribution in [2.75, 3.05) is 13.2 Å². The molecule has 1 rings (SSSR count). The number of hydrogen-bond donors (Lipinski definition) is 1. The standard InChI is InChI=1S/C14H20BrNO2/c1-4-8-16-13(14(17)18-5-2)11-7-6-10(3)12(15)9-11/h6-7,9,13,16H,4-5,8H2,1-3H3. The average Bonchev–Trinajstić information content (AvgIpc) is 2.34. The van der Waals surface area contributed by atoms with Gasteiger partial charge in [0.25, 0.3) is 0 Å². The van der Waals surface area contributed by atoms with Crippen LogP contribution in [0.1, 0.15) is 37.4 Å². The van der Waals surface area contributed by atoms with Crippen LogP contribution in [0, 0.1) is 6.92 Å². The zero-order valence-electron chi connectivity index (χ0n) is 11.1. The summed E-state index contributed by atoms with van der Waals surface area (Å²) in [4.78, 5) is 11.9. The second kappa shape index (κ2) is 7.54. The lowest BCUT2D eigenvalue weighted by Crippen LogP contribution is -2.30. The molecule has 100 valence electrons. The maximum atomic E-state index is 11.9. The minimum atomic E-state index is -0.387. The van der Waals surface area contributed by atoms with Gasteiger partial charge in [0, 0.05) is 4.47 Å². The van der Waals surface area contributed by atoms with E-state index < -0.39 is 0 Å². The summed E-state index contributed by atoms with van der Waals surface area (Å²) in [7, 11) is 0. The first-order chi connectivity index (χ1) is 8.60. The van der Waals surface area contributed by atoms with Crippen LogP contribution in [0.4, 0.5) is 0 Å². The van der Waals surface area contributed by atoms with Crippen LogP contribution in [0.15, 0.2) is 22.7 Å². The molecule has 1 N–H and O–H groups in total. The fraction of sp³-hybridized carbons (Fsp3) is 0.500. The van der Waals surface area contributed by atoms with E-state index in [1.807, 2.05) is 32.0 Å². The molecule has 0 aromatic heterocycles. The van der Waals surface area contributed by atoms with Gasteiger partial charge in [-0.15, -0.1) is 0 Å². The van der Waals surface area contributed by atoms with Crippen molar-refractivity contribution in [2.45, 2.75) is 33.2 Å². The van der Waals surface area contributed by atoms with Crippen LogP contribution in [0.3, 0.4) is 0 Å². The molecule has 0 spiro atoms. The summed E-state index contributed by atoms with van der Waals surface area (Å²) >= 11 is 3.49. The predicted molar refractivity (Wildman–Crippen MR) is 76.5 cm³/mol. The van der Waals surface area contributed by atoms with Crippen molar-refractivity contribution < 1.29 is 9.53 Å². The van der Waals surface area contributed by atoms with Gasteiger partial charge in [-0.1, -0.05) is 35.0 Å². The van der Waals surface area contributed by atoms with E-state index >= 15 is 0 Å². The van der Waals surface area contributed by atoms with Crippen LogP contribution in [-0.4, -0.2) is 19.1 Å². The molecule has 0 fully saturated rings. The number of esters is 1. The third kappa shape index (κ3) is 4.10. The van der Waals surface area contributed by atoms with Crippen molar-refractivity contribution in [3.63, 3.8) is 0 Å². The SMILES string of the molecule is CCCNC(C(=O)OCC)c1ccc(C)c(Br)c1. The van der Waals surface area contributed by atoms with Gasteiger partial charge >= 0.3 is 5.97 Å². The van der Waals surface area contributed by atoms with E-state index in [4.69, 9.17) is 4.74 Å². The molecule has 4 heteroatoms. The second-order valence-electron chi connectivity index (χ2n) is 4.15. The lowest BCUT2D eigenvalue weighted by molar-refractivity contribution is -0.145. The minimum Gasteiger partial charge on any atom is -0.465 e. The largest absolute Gasteiger partial charge is 0.465 e. The van der Waals surface area contributed by atoms with Gasteiger partial charge in [-0.2, -0.15) is 0 Å². The number of benzene rings is 1. The molecule has 0 saturated carbocycles. The zero-order valence-corrected chi connectivity index (χ0v) is 12.7. The van der Waals surface area contributed by atoms with Gasteiger partial charge in [0.15, 0.2) is 0 Å². The Bertz CT molecular complexity index is 407. The molecule has 0 heterocycles. The molecular formula is C14H20BrNO2. The van der Waals surface area contributed by atoms with Crippen LogP contribution in [0.25, 0.3) is 0 Å². The number of nitrogens with one attached hydrogen (secondary N) is 1. The number of carbonyl (C=O) groups is 1. The van der Waals surface area contributed by atoms with Crippen LogP contribution in [-0.2, 0) is 9.53 Å². The summed E-state index contributed by atoms with van der Waals surface area (Å²) in [5.41, 5.74) is 2.08. The van der Waals surface area contributed by atoms with Crippen LogP contribution < -0.4 is 5.32 Å². The van der Waals surface area contributed by atoms with E-state index in [9.17, 15) is 4.79 Å². The molecule has 1 unspecified atom stereocenters. The van der Waals surface area contributed by atoms with Crippen molar-refractivity contribution in [1.82, 2.24) is 5.32 Å². The van der Waals surface area contributed by atoms with E-state index in [0.717, 1.165) is 28.6 Å². The highest BCUT2D eigenvalue weighted by Gasteiger charge is 2.21. The number of hydrogen-bond acceptors (Lipinski definition) is 3. The van der Waals surface area contributed by atoms with Gasteiger partial charge in [-0.05, 0) is 44.0 Å². The van der Waals surface area contributed by atoms with Crippen molar-refractivity contribution in [3.8, 4) is 0 Å². The Balaban J connectivity index is 2.93. The summed E-state index contributed by atoms with van der Waals surface area (Å²) in [5, 5.41) is 3.22. The van der Waals surface area contributed by atoms with Crippen molar-refractivity contribution in [2.24, 2.45) is 0 Å². The highest BCUT2D eigenvalue weighted by Crippen LogP contribution is 2.22. The predicted octanol–water partition coefficient (Wildman–Crippen LogP) is 3.36. The zero-order chi connectivity index (χ0) is 13.5. The fourth-order valence-electron chi connectivity index (χ4n) is 1.64. The van der Waals surface area contributed by atoms with E-state index in [1.165, 1.54) is 0 Å². The Morgan fingerprint density at radius 3 is 2.72 bits per heavy atom. The number of halogens is 1. The van der Waals surface area contributed by atoms with Gasteiger partial charge in [-0.3, -0.25) is 0 Å². The first-order valence-corrected chi connectivity index (χ1v) is 7.05. The van der Waals surface area contributed by atoms with Crippen LogP contribution in [0.2, 0.25) is 0 Å². The first-order valence-electron chi connectivity index (χ1n) is 6.26. The van der Waals surface area contributed by atoms with Gasteiger partial charge < -0.3 is 10.1 Å². The topological polar surface area (TPSA) is 38.3 Å². The highest BCUT2D eigenvalue weighted by atomic mass is 79.9. The third-order valence-electron chi connectivity index (χ3n) is 2.65. The van der Waals surface area contributed by atoms with Crippen molar-refractivity contribution in [1.29, 1.82) is 0 Å². The molecule has 1 aromatic rings. The summed E-state index contributed by atoms with van der Waals surface area (Å²) in [6.07, 6.45) is 0.975. The molecule has 0 aliphatic carbocycles. The maximum absolute atomic E-state index is 11.9. The lowest BCUT2D eigenvalue weighted by atomic mass is 10.1. The average molecular weight is 314 g/mol. The van der Waals surface area contributed by atoms with E-state index in [2.05, 4.69) is 28.2 Å². The maximum Gasteiger partial charge on any atom is 0.327 e. The monoisotopic (exact) mass is 313 g/mol.